The Labute approximate surface area is 127 Å². The van der Waals surface area contributed by atoms with Gasteiger partial charge in [0.05, 0.1) is 33.2 Å². The monoisotopic (exact) mass is 320 g/mol. The Balaban J connectivity index is 4.84. The van der Waals surface area contributed by atoms with E-state index < -0.39 is 48.9 Å². The molecule has 0 radical (unpaired) electrons. The van der Waals surface area contributed by atoms with Crippen LogP contribution in [0.15, 0.2) is 0 Å². The van der Waals surface area contributed by atoms with E-state index >= 15 is 0 Å². The van der Waals surface area contributed by atoms with Crippen molar-refractivity contribution in [2.45, 2.75) is 32.3 Å². The number of hydrogen-bond acceptors (Lipinski definition) is 9. The van der Waals surface area contributed by atoms with Gasteiger partial charge in [-0.2, -0.15) is 0 Å². The summed E-state index contributed by atoms with van der Waals surface area (Å²) in [4.78, 5) is 45.6. The Bertz CT molecular complexity index is 418. The van der Waals surface area contributed by atoms with Gasteiger partial charge in [0.2, 0.25) is 0 Å². The van der Waals surface area contributed by atoms with Crippen molar-refractivity contribution in [3.05, 3.63) is 0 Å². The highest BCUT2D eigenvalue weighted by atomic mass is 16.6. The van der Waals surface area contributed by atoms with Crippen molar-refractivity contribution in [3.8, 4) is 0 Å². The lowest BCUT2D eigenvalue weighted by Gasteiger charge is -2.23. The molecule has 0 aromatic rings. The molecule has 1 unspecified atom stereocenters. The van der Waals surface area contributed by atoms with Crippen molar-refractivity contribution in [2.24, 2.45) is 0 Å². The third-order valence-electron chi connectivity index (χ3n) is 2.41. The Morgan fingerprint density at radius 3 is 1.82 bits per heavy atom. The van der Waals surface area contributed by atoms with Crippen LogP contribution in [0.25, 0.3) is 0 Å². The highest BCUT2D eigenvalue weighted by molar-refractivity contribution is 5.90. The molecule has 0 rings (SSSR count). The van der Waals surface area contributed by atoms with E-state index in [9.17, 15) is 24.3 Å². The molecule has 0 spiro atoms. The van der Waals surface area contributed by atoms with Gasteiger partial charge in [0.25, 0.3) is 0 Å². The average Bonchev–Trinajstić information content (AvgIpc) is 2.44. The van der Waals surface area contributed by atoms with Gasteiger partial charge in [-0.25, -0.2) is 9.59 Å². The molecular formula is C13H20O9. The van der Waals surface area contributed by atoms with Gasteiger partial charge < -0.3 is 24.1 Å². The van der Waals surface area contributed by atoms with Crippen LogP contribution in [0.1, 0.15) is 26.7 Å². The van der Waals surface area contributed by atoms with E-state index in [1.165, 1.54) is 6.92 Å². The molecule has 0 bridgehead atoms. The standard InChI is InChI=1S/C13H20O9/c1-4-20-9(14)6-13(18,12(17)21-5-2)7-10(15)22-8-11(16)19-3/h18H,4-8H2,1-3H3. The molecular weight excluding hydrogens is 300 g/mol. The first kappa shape index (κ1) is 19.8. The maximum atomic E-state index is 11.8. The first-order valence-corrected chi connectivity index (χ1v) is 6.56. The van der Waals surface area contributed by atoms with Crippen LogP contribution in [-0.4, -0.2) is 61.5 Å². The van der Waals surface area contributed by atoms with Crippen LogP contribution in [0.3, 0.4) is 0 Å². The van der Waals surface area contributed by atoms with Crippen LogP contribution >= 0.6 is 0 Å². The van der Waals surface area contributed by atoms with Crippen molar-refractivity contribution in [2.75, 3.05) is 26.9 Å². The lowest BCUT2D eigenvalue weighted by molar-refractivity contribution is -0.178. The zero-order valence-corrected chi connectivity index (χ0v) is 12.7. The fourth-order valence-corrected chi connectivity index (χ4v) is 1.41. The lowest BCUT2D eigenvalue weighted by Crippen LogP contribution is -2.45. The highest BCUT2D eigenvalue weighted by Gasteiger charge is 2.43. The zero-order chi connectivity index (χ0) is 17.2. The molecule has 0 aliphatic rings. The molecule has 22 heavy (non-hydrogen) atoms. The molecule has 126 valence electrons. The summed E-state index contributed by atoms with van der Waals surface area (Å²) in [6.45, 7) is 2.36. The summed E-state index contributed by atoms with van der Waals surface area (Å²) in [5.41, 5.74) is -2.42. The van der Waals surface area contributed by atoms with E-state index in [0.717, 1.165) is 7.11 Å². The van der Waals surface area contributed by atoms with Crippen LogP contribution in [-0.2, 0) is 38.1 Å². The minimum Gasteiger partial charge on any atom is -0.466 e. The van der Waals surface area contributed by atoms with Crippen molar-refractivity contribution in [3.63, 3.8) is 0 Å². The maximum absolute atomic E-state index is 11.8. The fourth-order valence-electron chi connectivity index (χ4n) is 1.41. The van der Waals surface area contributed by atoms with E-state index in [1.807, 2.05) is 0 Å². The summed E-state index contributed by atoms with van der Waals surface area (Å²) >= 11 is 0. The number of carbonyl (C=O) groups is 4. The Kier molecular flexibility index (Phi) is 8.76. The topological polar surface area (TPSA) is 125 Å². The second-order valence-electron chi connectivity index (χ2n) is 4.15. The predicted molar refractivity (Wildman–Crippen MR) is 70.4 cm³/mol. The van der Waals surface area contributed by atoms with Crippen LogP contribution < -0.4 is 0 Å². The molecule has 9 heteroatoms. The Morgan fingerprint density at radius 1 is 0.864 bits per heavy atom. The van der Waals surface area contributed by atoms with E-state index in [-0.39, 0.29) is 13.2 Å². The molecule has 1 N–H and O–H groups in total. The molecule has 0 saturated carbocycles. The second-order valence-corrected chi connectivity index (χ2v) is 4.15. The normalized spacial score (nSPS) is 12.7. The quantitative estimate of drug-likeness (QED) is 0.435. The molecule has 0 fully saturated rings. The third kappa shape index (κ3) is 7.02. The van der Waals surface area contributed by atoms with Crippen molar-refractivity contribution >= 4 is 23.9 Å². The molecule has 0 aliphatic carbocycles. The fraction of sp³-hybridized carbons (Fsp3) is 0.692. The molecule has 0 aliphatic heterocycles. The summed E-state index contributed by atoms with van der Waals surface area (Å²) in [5.74, 6) is -3.90. The summed E-state index contributed by atoms with van der Waals surface area (Å²) in [5, 5.41) is 10.2. The summed E-state index contributed by atoms with van der Waals surface area (Å²) in [6.07, 6.45) is -1.63. The molecule has 0 heterocycles. The number of methoxy groups -OCH3 is 1. The minimum absolute atomic E-state index is 0.0462. The Hall–Kier alpha value is -2.16. The van der Waals surface area contributed by atoms with Crippen molar-refractivity contribution in [1.29, 1.82) is 0 Å². The number of rotatable bonds is 9. The second kappa shape index (κ2) is 9.72. The number of hydrogen-bond donors (Lipinski definition) is 1. The smallest absolute Gasteiger partial charge is 0.344 e. The Morgan fingerprint density at radius 2 is 1.36 bits per heavy atom. The lowest BCUT2D eigenvalue weighted by atomic mass is 9.95. The summed E-state index contributed by atoms with van der Waals surface area (Å²) in [6, 6.07) is 0. The van der Waals surface area contributed by atoms with E-state index in [1.54, 1.807) is 6.92 Å². The largest absolute Gasteiger partial charge is 0.466 e. The van der Waals surface area contributed by atoms with Gasteiger partial charge in [-0.1, -0.05) is 0 Å². The van der Waals surface area contributed by atoms with Gasteiger partial charge in [-0.3, -0.25) is 9.59 Å². The molecule has 0 amide bonds. The van der Waals surface area contributed by atoms with Crippen LogP contribution in [0.2, 0.25) is 0 Å². The van der Waals surface area contributed by atoms with Crippen molar-refractivity contribution < 1.29 is 43.2 Å². The highest BCUT2D eigenvalue weighted by Crippen LogP contribution is 2.19. The van der Waals surface area contributed by atoms with Crippen LogP contribution in [0.5, 0.6) is 0 Å². The van der Waals surface area contributed by atoms with E-state index in [0.29, 0.717) is 0 Å². The molecule has 0 saturated heterocycles. The van der Waals surface area contributed by atoms with Gasteiger partial charge in [-0.15, -0.1) is 0 Å². The van der Waals surface area contributed by atoms with Crippen LogP contribution in [0.4, 0.5) is 0 Å². The number of carbonyl (C=O) groups excluding carboxylic acids is 4. The number of esters is 4. The summed E-state index contributed by atoms with van der Waals surface area (Å²) < 4.78 is 18.1. The van der Waals surface area contributed by atoms with Crippen molar-refractivity contribution in [1.82, 2.24) is 0 Å². The molecule has 9 nitrogen and oxygen atoms in total. The number of ether oxygens (including phenoxy) is 4. The van der Waals surface area contributed by atoms with Gasteiger partial charge in [0, 0.05) is 0 Å². The van der Waals surface area contributed by atoms with Gasteiger partial charge in [-0.05, 0) is 13.8 Å². The van der Waals surface area contributed by atoms with Crippen LogP contribution in [0, 0.1) is 0 Å². The summed E-state index contributed by atoms with van der Waals surface area (Å²) in [7, 11) is 1.10. The molecule has 0 aromatic heterocycles. The average molecular weight is 320 g/mol. The van der Waals surface area contributed by atoms with E-state index in [4.69, 9.17) is 0 Å². The first-order chi connectivity index (χ1) is 10.3. The minimum atomic E-state index is -2.42. The van der Waals surface area contributed by atoms with E-state index in [2.05, 4.69) is 18.9 Å². The maximum Gasteiger partial charge on any atom is 0.344 e. The zero-order valence-electron chi connectivity index (χ0n) is 12.7. The van der Waals surface area contributed by atoms with Gasteiger partial charge in [0.15, 0.2) is 12.2 Å². The predicted octanol–water partition coefficient (Wildman–Crippen LogP) is -0.660. The number of aliphatic hydroxyl groups is 1. The SMILES string of the molecule is CCOC(=O)CC(O)(CC(=O)OCC(=O)OC)C(=O)OCC. The first-order valence-electron chi connectivity index (χ1n) is 6.56. The van der Waals surface area contributed by atoms with Gasteiger partial charge >= 0.3 is 23.9 Å². The third-order valence-corrected chi connectivity index (χ3v) is 2.41. The molecule has 0 aromatic carbocycles. The van der Waals surface area contributed by atoms with Gasteiger partial charge in [0.1, 0.15) is 0 Å². The molecule has 1 atom stereocenters.